The number of carbonyl (C=O) groups is 2. The maximum atomic E-state index is 11.9. The molecule has 0 radical (unpaired) electrons. The summed E-state index contributed by atoms with van der Waals surface area (Å²) in [6, 6.07) is 9.87. The van der Waals surface area contributed by atoms with Crippen LogP contribution in [0.1, 0.15) is 15.9 Å². The van der Waals surface area contributed by atoms with Gasteiger partial charge in [-0.1, -0.05) is 39.1 Å². The fraction of sp³-hybridized carbons (Fsp3) is 0.125. The molecule has 0 spiro atoms. The quantitative estimate of drug-likeness (QED) is 0.724. The lowest BCUT2D eigenvalue weighted by Gasteiger charge is -2.10. The van der Waals surface area contributed by atoms with Gasteiger partial charge in [0.1, 0.15) is 0 Å². The molecule has 0 aromatic heterocycles. The van der Waals surface area contributed by atoms with Crippen LogP contribution in [0.5, 0.6) is 0 Å². The molecule has 1 amide bonds. The molecular weight excluding hydrogens is 405 g/mol. The molecular formula is C16H12BrCl2NO3. The largest absolute Gasteiger partial charge is 0.452 e. The van der Waals surface area contributed by atoms with E-state index in [1.54, 1.807) is 18.2 Å². The van der Waals surface area contributed by atoms with Gasteiger partial charge in [-0.3, -0.25) is 4.79 Å². The van der Waals surface area contributed by atoms with Crippen molar-refractivity contribution in [2.24, 2.45) is 0 Å². The van der Waals surface area contributed by atoms with Gasteiger partial charge in [-0.2, -0.15) is 0 Å². The average molecular weight is 417 g/mol. The number of ether oxygens (including phenoxy) is 1. The van der Waals surface area contributed by atoms with Gasteiger partial charge >= 0.3 is 5.97 Å². The minimum absolute atomic E-state index is 0.117. The number of benzene rings is 2. The minimum atomic E-state index is -0.708. The van der Waals surface area contributed by atoms with Crippen molar-refractivity contribution < 1.29 is 14.3 Å². The minimum Gasteiger partial charge on any atom is -0.452 e. The highest BCUT2D eigenvalue weighted by molar-refractivity contribution is 9.10. The van der Waals surface area contributed by atoms with Crippen molar-refractivity contribution in [3.63, 3.8) is 0 Å². The number of amides is 1. The molecule has 4 nitrogen and oxygen atoms in total. The number of anilines is 1. The van der Waals surface area contributed by atoms with E-state index in [2.05, 4.69) is 21.2 Å². The van der Waals surface area contributed by atoms with E-state index in [4.69, 9.17) is 27.9 Å². The van der Waals surface area contributed by atoms with Crippen molar-refractivity contribution in [2.45, 2.75) is 6.92 Å². The van der Waals surface area contributed by atoms with E-state index in [9.17, 15) is 9.59 Å². The second-order valence-corrected chi connectivity index (χ2v) is 6.47. The lowest BCUT2D eigenvalue weighted by molar-refractivity contribution is -0.119. The summed E-state index contributed by atoms with van der Waals surface area (Å²) >= 11 is 15.1. The number of hydrogen-bond acceptors (Lipinski definition) is 3. The Morgan fingerprint density at radius 2 is 1.91 bits per heavy atom. The second kappa shape index (κ2) is 7.81. The summed E-state index contributed by atoms with van der Waals surface area (Å²) in [4.78, 5) is 23.8. The Bertz CT molecular complexity index is 765. The molecule has 120 valence electrons. The van der Waals surface area contributed by atoms with Gasteiger partial charge in [0.2, 0.25) is 0 Å². The van der Waals surface area contributed by atoms with Crippen molar-refractivity contribution >= 4 is 56.7 Å². The van der Waals surface area contributed by atoms with Crippen LogP contribution in [-0.2, 0) is 9.53 Å². The van der Waals surface area contributed by atoms with Gasteiger partial charge in [-0.25, -0.2) is 4.79 Å². The van der Waals surface area contributed by atoms with Crippen molar-refractivity contribution in [1.29, 1.82) is 0 Å². The molecule has 0 heterocycles. The van der Waals surface area contributed by atoms with E-state index < -0.39 is 18.5 Å². The first-order valence-electron chi connectivity index (χ1n) is 6.55. The Morgan fingerprint density at radius 1 is 1.17 bits per heavy atom. The zero-order valence-electron chi connectivity index (χ0n) is 12.0. The average Bonchev–Trinajstić information content (AvgIpc) is 2.50. The normalized spacial score (nSPS) is 10.3. The lowest BCUT2D eigenvalue weighted by atomic mass is 10.2. The van der Waals surface area contributed by atoms with Crippen LogP contribution < -0.4 is 5.32 Å². The standard InChI is InChI=1S/C16H12BrCl2NO3/c1-9-6-10(17)2-5-14(9)20-15(21)8-23-16(22)12-7-11(18)3-4-13(12)19/h2-7H,8H2,1H3,(H,20,21). The Balaban J connectivity index is 1.96. The summed E-state index contributed by atoms with van der Waals surface area (Å²) in [5.41, 5.74) is 1.65. The Kier molecular flexibility index (Phi) is 6.04. The molecule has 2 rings (SSSR count). The molecule has 0 saturated carbocycles. The smallest absolute Gasteiger partial charge is 0.340 e. The van der Waals surface area contributed by atoms with Gasteiger partial charge < -0.3 is 10.1 Å². The maximum absolute atomic E-state index is 11.9. The van der Waals surface area contributed by atoms with Gasteiger partial charge in [0.25, 0.3) is 5.91 Å². The van der Waals surface area contributed by atoms with E-state index in [0.717, 1.165) is 10.0 Å². The number of esters is 1. The van der Waals surface area contributed by atoms with Gasteiger partial charge in [0.05, 0.1) is 10.6 Å². The third-order valence-corrected chi connectivity index (χ3v) is 4.00. The number of rotatable bonds is 4. The molecule has 0 aliphatic carbocycles. The molecule has 7 heteroatoms. The van der Waals surface area contributed by atoms with Crippen LogP contribution in [0.15, 0.2) is 40.9 Å². The molecule has 0 aliphatic heterocycles. The fourth-order valence-electron chi connectivity index (χ4n) is 1.82. The highest BCUT2D eigenvalue weighted by Crippen LogP contribution is 2.22. The third kappa shape index (κ3) is 4.96. The number of hydrogen-bond donors (Lipinski definition) is 1. The molecule has 0 saturated heterocycles. The summed E-state index contributed by atoms with van der Waals surface area (Å²) in [6.45, 7) is 1.44. The molecule has 0 atom stereocenters. The van der Waals surface area contributed by atoms with E-state index in [0.29, 0.717) is 10.7 Å². The fourth-order valence-corrected chi connectivity index (χ4v) is 2.66. The Hall–Kier alpha value is -1.56. The summed E-state index contributed by atoms with van der Waals surface area (Å²) in [5, 5.41) is 3.24. The number of nitrogens with one attached hydrogen (secondary N) is 1. The highest BCUT2D eigenvalue weighted by atomic mass is 79.9. The van der Waals surface area contributed by atoms with Crippen LogP contribution in [0, 0.1) is 6.92 Å². The van der Waals surface area contributed by atoms with Crippen molar-refractivity contribution in [2.75, 3.05) is 11.9 Å². The Labute approximate surface area is 151 Å². The van der Waals surface area contributed by atoms with Crippen molar-refractivity contribution in [3.05, 3.63) is 62.0 Å². The molecule has 0 fully saturated rings. The van der Waals surface area contributed by atoms with Gasteiger partial charge in [0, 0.05) is 15.2 Å². The second-order valence-electron chi connectivity index (χ2n) is 4.71. The van der Waals surface area contributed by atoms with Crippen LogP contribution in [0.2, 0.25) is 10.0 Å². The van der Waals surface area contributed by atoms with E-state index in [1.807, 2.05) is 13.0 Å². The molecule has 23 heavy (non-hydrogen) atoms. The molecule has 0 unspecified atom stereocenters. The van der Waals surface area contributed by atoms with Crippen molar-refractivity contribution in [1.82, 2.24) is 0 Å². The topological polar surface area (TPSA) is 55.4 Å². The lowest BCUT2D eigenvalue weighted by Crippen LogP contribution is -2.21. The van der Waals surface area contributed by atoms with Crippen LogP contribution in [0.25, 0.3) is 0 Å². The van der Waals surface area contributed by atoms with Crippen LogP contribution in [0.4, 0.5) is 5.69 Å². The third-order valence-electron chi connectivity index (χ3n) is 2.95. The number of halogens is 3. The van der Waals surface area contributed by atoms with Gasteiger partial charge in [0.15, 0.2) is 6.61 Å². The zero-order chi connectivity index (χ0) is 17.0. The molecule has 2 aromatic rings. The number of aryl methyl sites for hydroxylation is 1. The molecule has 0 aliphatic rings. The highest BCUT2D eigenvalue weighted by Gasteiger charge is 2.14. The first kappa shape index (κ1) is 17.8. The van der Waals surface area contributed by atoms with Crippen LogP contribution >= 0.6 is 39.1 Å². The predicted octanol–water partition coefficient (Wildman–Crippen LogP) is 4.86. The molecule has 1 N–H and O–H groups in total. The summed E-state index contributed by atoms with van der Waals surface area (Å²) in [7, 11) is 0. The van der Waals surface area contributed by atoms with Crippen LogP contribution in [0.3, 0.4) is 0 Å². The van der Waals surface area contributed by atoms with Gasteiger partial charge in [-0.05, 0) is 48.9 Å². The first-order chi connectivity index (χ1) is 10.9. The predicted molar refractivity (Wildman–Crippen MR) is 94.3 cm³/mol. The first-order valence-corrected chi connectivity index (χ1v) is 8.10. The SMILES string of the molecule is Cc1cc(Br)ccc1NC(=O)COC(=O)c1cc(Cl)ccc1Cl. The molecule has 2 aromatic carbocycles. The van der Waals surface area contributed by atoms with E-state index >= 15 is 0 Å². The number of carbonyl (C=O) groups excluding carboxylic acids is 2. The van der Waals surface area contributed by atoms with Crippen LogP contribution in [-0.4, -0.2) is 18.5 Å². The Morgan fingerprint density at radius 3 is 2.61 bits per heavy atom. The summed E-state index contributed by atoms with van der Waals surface area (Å²) < 4.78 is 5.87. The van der Waals surface area contributed by atoms with E-state index in [1.165, 1.54) is 12.1 Å². The van der Waals surface area contributed by atoms with E-state index in [-0.39, 0.29) is 10.6 Å². The van der Waals surface area contributed by atoms with Crippen molar-refractivity contribution in [3.8, 4) is 0 Å². The summed E-state index contributed by atoms with van der Waals surface area (Å²) in [6.07, 6.45) is 0. The maximum Gasteiger partial charge on any atom is 0.340 e. The van der Waals surface area contributed by atoms with Gasteiger partial charge in [-0.15, -0.1) is 0 Å². The summed E-state index contributed by atoms with van der Waals surface area (Å²) in [5.74, 6) is -1.15. The zero-order valence-corrected chi connectivity index (χ0v) is 15.1. The monoisotopic (exact) mass is 415 g/mol. The molecule has 0 bridgehead atoms.